The van der Waals surface area contributed by atoms with E-state index in [1.165, 1.54) is 18.2 Å². The summed E-state index contributed by atoms with van der Waals surface area (Å²) in [4.78, 5) is 27.8. The number of hydrogen-bond acceptors (Lipinski definition) is 5. The molecule has 0 unspecified atom stereocenters. The highest BCUT2D eigenvalue weighted by Crippen LogP contribution is 2.24. The number of aliphatic hydroxyl groups is 1. The molecule has 1 atom stereocenters. The van der Waals surface area contributed by atoms with E-state index in [1.54, 1.807) is 18.2 Å². The summed E-state index contributed by atoms with van der Waals surface area (Å²) in [5, 5.41) is 33.2. The minimum atomic E-state index is -1.13. The smallest absolute Gasteiger partial charge is 0.335 e. The second kappa shape index (κ2) is 11.5. The molecule has 8 heteroatoms. The van der Waals surface area contributed by atoms with Gasteiger partial charge in [-0.15, -0.1) is 0 Å². The summed E-state index contributed by atoms with van der Waals surface area (Å²) in [6.45, 7) is 3.44. The van der Waals surface area contributed by atoms with Gasteiger partial charge < -0.3 is 30.4 Å². The Bertz CT molecular complexity index is 1540. The van der Waals surface area contributed by atoms with Crippen LogP contribution in [0.1, 0.15) is 51.3 Å². The van der Waals surface area contributed by atoms with Gasteiger partial charge in [0.1, 0.15) is 11.5 Å². The molecule has 0 spiro atoms. The Kier molecular flexibility index (Phi) is 8.00. The van der Waals surface area contributed by atoms with Crippen LogP contribution in [0.3, 0.4) is 0 Å². The average molecular weight is 513 g/mol. The number of phenols is 1. The first-order valence-electron chi connectivity index (χ1n) is 12.1. The number of hydrogen-bond donors (Lipinski definition) is 5. The van der Waals surface area contributed by atoms with E-state index in [1.807, 2.05) is 44.3 Å². The van der Waals surface area contributed by atoms with Gasteiger partial charge in [-0.3, -0.25) is 4.79 Å². The van der Waals surface area contributed by atoms with Gasteiger partial charge in [-0.05, 0) is 68.3 Å². The van der Waals surface area contributed by atoms with Crippen molar-refractivity contribution in [1.82, 2.24) is 10.3 Å². The van der Waals surface area contributed by atoms with Crippen LogP contribution in [0, 0.1) is 11.8 Å². The summed E-state index contributed by atoms with van der Waals surface area (Å²) >= 11 is 0. The number of amides is 1. The Balaban J connectivity index is 1.60. The van der Waals surface area contributed by atoms with E-state index < -0.39 is 17.9 Å². The van der Waals surface area contributed by atoms with Crippen molar-refractivity contribution in [3.63, 3.8) is 0 Å². The maximum Gasteiger partial charge on any atom is 0.335 e. The number of aromatic amines is 1. The van der Waals surface area contributed by atoms with Crippen LogP contribution in [0.2, 0.25) is 0 Å². The number of H-pyrrole nitrogens is 1. The lowest BCUT2D eigenvalue weighted by Gasteiger charge is -2.19. The van der Waals surface area contributed by atoms with Gasteiger partial charge in [-0.2, -0.15) is 0 Å². The largest absolute Gasteiger partial charge is 0.507 e. The predicted octanol–water partition coefficient (Wildman–Crippen LogP) is 4.09. The third-order valence-corrected chi connectivity index (χ3v) is 5.87. The van der Waals surface area contributed by atoms with Crippen molar-refractivity contribution in [3.05, 3.63) is 94.7 Å². The molecule has 194 valence electrons. The summed E-state index contributed by atoms with van der Waals surface area (Å²) in [6, 6.07) is 16.0. The number of phenolic OH excluding ortho intramolecular Hbond substituents is 1. The van der Waals surface area contributed by atoms with Gasteiger partial charge in [0, 0.05) is 22.7 Å². The van der Waals surface area contributed by atoms with Crippen LogP contribution in [-0.2, 0) is 6.42 Å². The number of rotatable bonds is 8. The summed E-state index contributed by atoms with van der Waals surface area (Å²) in [6.07, 6.45) is 2.11. The molecule has 0 saturated carbocycles. The zero-order valence-electron chi connectivity index (χ0n) is 21.0. The fraction of sp³-hybridized carbons (Fsp3) is 0.200. The van der Waals surface area contributed by atoms with E-state index in [0.29, 0.717) is 17.7 Å². The van der Waals surface area contributed by atoms with Gasteiger partial charge in [0.25, 0.3) is 5.91 Å². The molecule has 4 aromatic rings. The highest BCUT2D eigenvalue weighted by molar-refractivity contribution is 5.97. The molecule has 0 aliphatic carbocycles. The van der Waals surface area contributed by atoms with Crippen LogP contribution < -0.4 is 10.1 Å². The van der Waals surface area contributed by atoms with E-state index in [4.69, 9.17) is 4.74 Å². The molecule has 1 aromatic heterocycles. The lowest BCUT2D eigenvalue weighted by molar-refractivity contribution is 0.0696. The maximum atomic E-state index is 13.3. The quantitative estimate of drug-likeness (QED) is 0.226. The number of nitrogens with one attached hydrogen (secondary N) is 2. The number of aromatic carboxylic acids is 1. The SMILES string of the molecule is CC(C)Oc1ccc(C#Cc2cc(C(=O)O)ccc2O)cc1C(=O)N[C@@H](CO)Cc1c[nH]c2ccccc12. The number of carbonyl (C=O) groups excluding carboxylic acids is 1. The Morgan fingerprint density at radius 2 is 1.84 bits per heavy atom. The monoisotopic (exact) mass is 512 g/mol. The first-order chi connectivity index (χ1) is 18.2. The molecule has 38 heavy (non-hydrogen) atoms. The number of aromatic nitrogens is 1. The number of benzene rings is 3. The van der Waals surface area contributed by atoms with Crippen LogP contribution in [-0.4, -0.2) is 50.9 Å². The number of aromatic hydroxyl groups is 1. The molecule has 8 nitrogen and oxygen atoms in total. The molecule has 3 aromatic carbocycles. The predicted molar refractivity (Wildman–Crippen MR) is 144 cm³/mol. The van der Waals surface area contributed by atoms with E-state index in [0.717, 1.165) is 16.5 Å². The van der Waals surface area contributed by atoms with Gasteiger partial charge in [0.05, 0.1) is 35.4 Å². The van der Waals surface area contributed by atoms with Crippen molar-refractivity contribution in [2.45, 2.75) is 32.4 Å². The maximum absolute atomic E-state index is 13.3. The molecule has 1 heterocycles. The van der Waals surface area contributed by atoms with Crippen molar-refractivity contribution in [2.24, 2.45) is 0 Å². The van der Waals surface area contributed by atoms with Crippen molar-refractivity contribution in [3.8, 4) is 23.3 Å². The van der Waals surface area contributed by atoms with E-state index >= 15 is 0 Å². The summed E-state index contributed by atoms with van der Waals surface area (Å²) in [5.41, 5.74) is 2.80. The third kappa shape index (κ3) is 6.14. The Morgan fingerprint density at radius 1 is 1.05 bits per heavy atom. The number of carboxylic acids is 1. The molecule has 0 aliphatic rings. The highest BCUT2D eigenvalue weighted by atomic mass is 16.5. The van der Waals surface area contributed by atoms with Crippen molar-refractivity contribution in [2.75, 3.05) is 6.61 Å². The van der Waals surface area contributed by atoms with Gasteiger partial charge in [0.2, 0.25) is 0 Å². The lowest BCUT2D eigenvalue weighted by Crippen LogP contribution is -2.39. The summed E-state index contributed by atoms with van der Waals surface area (Å²) in [5.74, 6) is 4.30. The van der Waals surface area contributed by atoms with Crippen LogP contribution in [0.15, 0.2) is 66.9 Å². The standard InChI is InChI=1S/C30H28N2O6/c1-18(2)38-28-12-8-19(7-9-20-14-21(30(36)37)10-11-27(20)34)13-25(28)29(35)32-23(17-33)15-22-16-31-26-6-4-3-5-24(22)26/h3-6,8,10-14,16,18,23,31,33-34H,15,17H2,1-2H3,(H,32,35)(H,36,37)/t23-/m1/s1. The fourth-order valence-corrected chi connectivity index (χ4v) is 4.04. The van der Waals surface area contributed by atoms with Gasteiger partial charge in [0.15, 0.2) is 0 Å². The number of carbonyl (C=O) groups is 2. The molecule has 0 radical (unpaired) electrons. The van der Waals surface area contributed by atoms with Crippen LogP contribution in [0.5, 0.6) is 11.5 Å². The Hall–Kier alpha value is -4.74. The molecule has 5 N–H and O–H groups in total. The molecule has 0 saturated heterocycles. The molecule has 4 rings (SSSR count). The Morgan fingerprint density at radius 3 is 2.58 bits per heavy atom. The minimum Gasteiger partial charge on any atom is -0.507 e. The van der Waals surface area contributed by atoms with Gasteiger partial charge >= 0.3 is 5.97 Å². The van der Waals surface area contributed by atoms with Crippen molar-refractivity contribution >= 4 is 22.8 Å². The molecular weight excluding hydrogens is 484 g/mol. The van der Waals surface area contributed by atoms with Crippen molar-refractivity contribution < 1.29 is 29.6 Å². The van der Waals surface area contributed by atoms with E-state index in [9.17, 15) is 24.9 Å². The zero-order valence-corrected chi connectivity index (χ0v) is 21.0. The van der Waals surface area contributed by atoms with E-state index in [-0.39, 0.29) is 35.2 Å². The second-order valence-corrected chi connectivity index (χ2v) is 9.08. The number of fused-ring (bicyclic) bond motifs is 1. The van der Waals surface area contributed by atoms with E-state index in [2.05, 4.69) is 22.1 Å². The lowest BCUT2D eigenvalue weighted by atomic mass is 10.0. The highest BCUT2D eigenvalue weighted by Gasteiger charge is 2.20. The molecule has 0 bridgehead atoms. The molecule has 0 fully saturated rings. The minimum absolute atomic E-state index is 0.00176. The Labute approximate surface area is 219 Å². The topological polar surface area (TPSA) is 132 Å². The summed E-state index contributed by atoms with van der Waals surface area (Å²) < 4.78 is 5.84. The van der Waals surface area contributed by atoms with Crippen LogP contribution >= 0.6 is 0 Å². The molecule has 0 aliphatic heterocycles. The number of carboxylic acid groups (broad SMARTS) is 1. The van der Waals surface area contributed by atoms with Crippen LogP contribution in [0.25, 0.3) is 10.9 Å². The van der Waals surface area contributed by atoms with Gasteiger partial charge in [-0.1, -0.05) is 30.0 Å². The van der Waals surface area contributed by atoms with Gasteiger partial charge in [-0.25, -0.2) is 4.79 Å². The zero-order chi connectivity index (χ0) is 27.2. The molecular formula is C30H28N2O6. The normalized spacial score (nSPS) is 11.6. The fourth-order valence-electron chi connectivity index (χ4n) is 4.04. The first-order valence-corrected chi connectivity index (χ1v) is 12.1. The average Bonchev–Trinajstić information content (AvgIpc) is 3.30. The number of para-hydroxylation sites is 1. The van der Waals surface area contributed by atoms with Crippen molar-refractivity contribution in [1.29, 1.82) is 0 Å². The van der Waals surface area contributed by atoms with Crippen LogP contribution in [0.4, 0.5) is 0 Å². The summed E-state index contributed by atoms with van der Waals surface area (Å²) in [7, 11) is 0. The third-order valence-electron chi connectivity index (χ3n) is 5.87. The second-order valence-electron chi connectivity index (χ2n) is 9.08. The number of ether oxygens (including phenoxy) is 1. The first kappa shape index (κ1) is 26.3. The number of aliphatic hydroxyl groups excluding tert-OH is 1. The molecule has 1 amide bonds.